The first-order valence-electron chi connectivity index (χ1n) is 9.32. The first kappa shape index (κ1) is 20.8. The maximum atomic E-state index is 12.1. The lowest BCUT2D eigenvalue weighted by Crippen LogP contribution is -2.41. The second-order valence-electron chi connectivity index (χ2n) is 7.38. The Morgan fingerprint density at radius 2 is 2.00 bits per heavy atom. The number of nitrogens with one attached hydrogen (secondary N) is 2. The summed E-state index contributed by atoms with van der Waals surface area (Å²) in [5.41, 5.74) is 0.644. The van der Waals surface area contributed by atoms with E-state index in [0.717, 1.165) is 0 Å². The van der Waals surface area contributed by atoms with Gasteiger partial charge in [-0.05, 0) is 44.5 Å². The van der Waals surface area contributed by atoms with Gasteiger partial charge in [-0.2, -0.15) is 0 Å². The van der Waals surface area contributed by atoms with Crippen LogP contribution in [0.3, 0.4) is 0 Å². The number of hydrogen-bond donors (Lipinski definition) is 4. The minimum atomic E-state index is -1.04. The number of hydrogen-bond acceptors (Lipinski definition) is 7. The van der Waals surface area contributed by atoms with E-state index in [0.29, 0.717) is 24.4 Å². The van der Waals surface area contributed by atoms with Gasteiger partial charge in [0.2, 0.25) is 0 Å². The van der Waals surface area contributed by atoms with Crippen molar-refractivity contribution in [3.8, 4) is 5.75 Å². The Morgan fingerprint density at radius 1 is 1.29 bits per heavy atom. The van der Waals surface area contributed by atoms with Gasteiger partial charge >= 0.3 is 6.03 Å². The fourth-order valence-corrected chi connectivity index (χ4v) is 3.61. The third-order valence-corrected chi connectivity index (χ3v) is 4.90. The summed E-state index contributed by atoms with van der Waals surface area (Å²) in [6.45, 7) is 3.51. The number of urea groups is 1. The Balaban J connectivity index is 1.52. The van der Waals surface area contributed by atoms with Crippen LogP contribution >= 0.6 is 0 Å². The number of aliphatic hydroxyl groups excluding tert-OH is 2. The van der Waals surface area contributed by atoms with Crippen molar-refractivity contribution in [3.63, 3.8) is 0 Å². The van der Waals surface area contributed by atoms with Crippen molar-refractivity contribution in [1.29, 1.82) is 0 Å². The molecular formula is C19H28N2O7. The molecule has 2 amide bonds. The zero-order chi connectivity index (χ0) is 20.3. The molecule has 4 N–H and O–H groups in total. The van der Waals surface area contributed by atoms with Crippen molar-refractivity contribution in [2.45, 2.75) is 50.7 Å². The summed E-state index contributed by atoms with van der Waals surface area (Å²) in [6, 6.07) is 6.65. The zero-order valence-corrected chi connectivity index (χ0v) is 16.3. The lowest BCUT2D eigenvalue weighted by atomic mass is 9.91. The van der Waals surface area contributed by atoms with E-state index in [1.807, 2.05) is 0 Å². The van der Waals surface area contributed by atoms with Crippen LogP contribution in [-0.4, -0.2) is 66.9 Å². The van der Waals surface area contributed by atoms with Crippen molar-refractivity contribution in [2.24, 2.45) is 5.92 Å². The van der Waals surface area contributed by atoms with E-state index in [4.69, 9.17) is 18.9 Å². The number of ether oxygens (including phenoxy) is 4. The molecule has 1 aromatic rings. The Morgan fingerprint density at radius 3 is 2.64 bits per heavy atom. The molecule has 156 valence electrons. The quantitative estimate of drug-likeness (QED) is 0.544. The molecule has 0 aromatic heterocycles. The topological polar surface area (TPSA) is 119 Å². The minimum absolute atomic E-state index is 0.227. The number of benzene rings is 1. The smallest absolute Gasteiger partial charge is 0.319 e. The SMILES string of the molecule is COc1ccc(NC(=O)NCC[C@H]2[C@H]3OC(C)(C)O[C@H]3O[C@@H]2[C@H](O)CO)cc1. The van der Waals surface area contributed by atoms with Gasteiger partial charge in [-0.3, -0.25) is 0 Å². The van der Waals surface area contributed by atoms with E-state index >= 15 is 0 Å². The highest BCUT2D eigenvalue weighted by molar-refractivity contribution is 5.89. The van der Waals surface area contributed by atoms with Crippen molar-refractivity contribution in [1.82, 2.24) is 5.32 Å². The average molecular weight is 396 g/mol. The summed E-state index contributed by atoms with van der Waals surface area (Å²) in [5.74, 6) is -0.297. The molecule has 3 rings (SSSR count). The first-order valence-corrected chi connectivity index (χ1v) is 9.32. The third-order valence-electron chi connectivity index (χ3n) is 4.90. The van der Waals surface area contributed by atoms with Gasteiger partial charge in [-0.1, -0.05) is 0 Å². The number of amides is 2. The van der Waals surface area contributed by atoms with Gasteiger partial charge in [-0.15, -0.1) is 0 Å². The number of anilines is 1. The van der Waals surface area contributed by atoms with Crippen LogP contribution in [0.4, 0.5) is 10.5 Å². The van der Waals surface area contributed by atoms with Crippen LogP contribution in [0.1, 0.15) is 20.3 Å². The van der Waals surface area contributed by atoms with E-state index in [-0.39, 0.29) is 18.1 Å². The molecule has 0 unspecified atom stereocenters. The molecule has 1 aromatic carbocycles. The van der Waals surface area contributed by atoms with Crippen LogP contribution in [-0.2, 0) is 14.2 Å². The first-order chi connectivity index (χ1) is 13.3. The second-order valence-corrected chi connectivity index (χ2v) is 7.38. The second kappa shape index (κ2) is 8.62. The van der Waals surface area contributed by atoms with Gasteiger partial charge in [0.25, 0.3) is 0 Å². The fourth-order valence-electron chi connectivity index (χ4n) is 3.61. The fraction of sp³-hybridized carbons (Fsp3) is 0.632. The van der Waals surface area contributed by atoms with Crippen LogP contribution < -0.4 is 15.4 Å². The molecule has 2 fully saturated rings. The Labute approximate surface area is 163 Å². The number of methoxy groups -OCH3 is 1. The molecule has 0 spiro atoms. The molecule has 2 aliphatic heterocycles. The monoisotopic (exact) mass is 396 g/mol. The molecule has 2 heterocycles. The number of rotatable bonds is 7. The predicted molar refractivity (Wildman–Crippen MR) is 99.9 cm³/mol. The highest BCUT2D eigenvalue weighted by Crippen LogP contribution is 2.42. The summed E-state index contributed by atoms with van der Waals surface area (Å²) < 4.78 is 22.5. The molecule has 5 atom stereocenters. The van der Waals surface area contributed by atoms with Crippen LogP contribution in [0.15, 0.2) is 24.3 Å². The van der Waals surface area contributed by atoms with Gasteiger partial charge in [-0.25, -0.2) is 4.79 Å². The predicted octanol–water partition coefficient (Wildman–Crippen LogP) is 1.05. The molecule has 28 heavy (non-hydrogen) atoms. The standard InChI is InChI=1S/C19H28N2O7/c1-19(2)27-16-13(15(14(23)10-22)26-17(16)28-19)8-9-20-18(24)21-11-4-6-12(25-3)7-5-11/h4-7,13-17,22-23H,8-10H2,1-3H3,(H2,20,21,24)/t13-,14-,15+,16-,17-/m1/s1. The Bertz CT molecular complexity index is 667. The number of fused-ring (bicyclic) bond motifs is 1. The van der Waals surface area contributed by atoms with Crippen molar-refractivity contribution >= 4 is 11.7 Å². The number of carbonyl (C=O) groups excluding carboxylic acids is 1. The third kappa shape index (κ3) is 4.73. The molecule has 2 aliphatic rings. The van der Waals surface area contributed by atoms with Crippen LogP contribution in [0.25, 0.3) is 0 Å². The summed E-state index contributed by atoms with van der Waals surface area (Å²) in [4.78, 5) is 12.1. The summed E-state index contributed by atoms with van der Waals surface area (Å²) in [7, 11) is 1.58. The van der Waals surface area contributed by atoms with E-state index in [1.54, 1.807) is 45.2 Å². The molecule has 0 aliphatic carbocycles. The van der Waals surface area contributed by atoms with E-state index in [9.17, 15) is 15.0 Å². The number of carbonyl (C=O) groups is 1. The van der Waals surface area contributed by atoms with E-state index in [1.165, 1.54) is 0 Å². The van der Waals surface area contributed by atoms with Gasteiger partial charge in [0.1, 0.15) is 18.0 Å². The van der Waals surface area contributed by atoms with Crippen LogP contribution in [0.5, 0.6) is 5.75 Å². The maximum absolute atomic E-state index is 12.1. The molecule has 0 bridgehead atoms. The van der Waals surface area contributed by atoms with Crippen molar-refractivity contribution in [3.05, 3.63) is 24.3 Å². The summed E-state index contributed by atoms with van der Waals surface area (Å²) in [5, 5.41) is 24.9. The average Bonchev–Trinajstić information content (AvgIpc) is 3.14. The molecule has 9 heteroatoms. The van der Waals surface area contributed by atoms with Crippen molar-refractivity contribution < 1.29 is 34.0 Å². The van der Waals surface area contributed by atoms with Gasteiger partial charge in [0.15, 0.2) is 12.1 Å². The van der Waals surface area contributed by atoms with Crippen molar-refractivity contribution in [2.75, 3.05) is 25.6 Å². The van der Waals surface area contributed by atoms with Crippen LogP contribution in [0, 0.1) is 5.92 Å². The largest absolute Gasteiger partial charge is 0.497 e. The van der Waals surface area contributed by atoms with Gasteiger partial charge < -0.3 is 39.8 Å². The summed E-state index contributed by atoms with van der Waals surface area (Å²) in [6.07, 6.45) is -2.13. The highest BCUT2D eigenvalue weighted by Gasteiger charge is 2.55. The lowest BCUT2D eigenvalue weighted by molar-refractivity contribution is -0.222. The molecule has 9 nitrogen and oxygen atoms in total. The zero-order valence-electron chi connectivity index (χ0n) is 16.3. The molecule has 0 saturated carbocycles. The minimum Gasteiger partial charge on any atom is -0.497 e. The van der Waals surface area contributed by atoms with Crippen LogP contribution in [0.2, 0.25) is 0 Å². The maximum Gasteiger partial charge on any atom is 0.319 e. The highest BCUT2D eigenvalue weighted by atomic mass is 16.8. The van der Waals surface area contributed by atoms with E-state index in [2.05, 4.69) is 10.6 Å². The lowest BCUT2D eigenvalue weighted by Gasteiger charge is -2.28. The molecule has 0 radical (unpaired) electrons. The normalized spacial score (nSPS) is 29.2. The Kier molecular flexibility index (Phi) is 6.41. The number of aliphatic hydroxyl groups is 2. The van der Waals surface area contributed by atoms with Gasteiger partial charge in [0.05, 0.1) is 19.8 Å². The van der Waals surface area contributed by atoms with E-state index < -0.39 is 30.9 Å². The molecular weight excluding hydrogens is 368 g/mol. The Hall–Kier alpha value is -1.91. The molecule has 2 saturated heterocycles. The van der Waals surface area contributed by atoms with Gasteiger partial charge in [0, 0.05) is 18.2 Å². The summed E-state index contributed by atoms with van der Waals surface area (Å²) >= 11 is 0.